The molecule has 0 aliphatic carbocycles. The van der Waals surface area contributed by atoms with E-state index in [1.165, 1.54) is 0 Å². The van der Waals surface area contributed by atoms with Crippen molar-refractivity contribution in [1.29, 1.82) is 0 Å². The third-order valence-electron chi connectivity index (χ3n) is 2.86. The molecule has 1 unspecified atom stereocenters. The van der Waals surface area contributed by atoms with Crippen LogP contribution in [0.2, 0.25) is 5.02 Å². The van der Waals surface area contributed by atoms with Gasteiger partial charge in [0.05, 0.1) is 1.37 Å². The highest BCUT2D eigenvalue weighted by atomic mass is 35.5. The maximum Gasteiger partial charge on any atom is 0.481 e. The molecule has 2 heterocycles. The van der Waals surface area contributed by atoms with Gasteiger partial charge in [0, 0.05) is 12.6 Å². The van der Waals surface area contributed by atoms with Gasteiger partial charge in [0.1, 0.15) is 17.7 Å². The van der Waals surface area contributed by atoms with Crippen LogP contribution < -0.4 is 11.2 Å². The molecule has 1 aromatic rings. The SMILES string of the molecule is [2H][C@@]1(n2cc(Cl)c(=O)[nH]c2=O)O[C@](F)(COP(=O)(O)OP(=O)(O)O)C[C@H]1O. The molecule has 17 heteroatoms. The summed E-state index contributed by atoms with van der Waals surface area (Å²) in [5.41, 5.74) is -2.29. The van der Waals surface area contributed by atoms with Crippen LogP contribution in [-0.2, 0) is 22.7 Å². The number of nitrogens with zero attached hydrogens (tertiary/aromatic N) is 1. The smallest absolute Gasteiger partial charge is 0.388 e. The number of nitrogens with one attached hydrogen (secondary N) is 1. The first kappa shape index (κ1) is 19.8. The number of aliphatic hydroxyl groups excluding tert-OH is 1. The Hall–Kier alpha value is -0.920. The van der Waals surface area contributed by atoms with Crippen LogP contribution in [0.15, 0.2) is 15.8 Å². The molecule has 1 aromatic heterocycles. The number of alkyl halides is 1. The Morgan fingerprint density at radius 2 is 2.12 bits per heavy atom. The van der Waals surface area contributed by atoms with Crippen molar-refractivity contribution in [2.45, 2.75) is 24.6 Å². The first-order valence-electron chi connectivity index (χ1n) is 6.90. The summed E-state index contributed by atoms with van der Waals surface area (Å²) >= 11 is 5.52. The van der Waals surface area contributed by atoms with Crippen LogP contribution in [0.1, 0.15) is 14.0 Å². The Bertz CT molecular complexity index is 951. The van der Waals surface area contributed by atoms with Crippen molar-refractivity contribution in [3.63, 3.8) is 0 Å². The van der Waals surface area contributed by atoms with E-state index in [1.54, 1.807) is 4.98 Å². The fourth-order valence-corrected chi connectivity index (χ4v) is 3.68. The van der Waals surface area contributed by atoms with Crippen LogP contribution in [0.5, 0.6) is 0 Å². The topological polar surface area (TPSA) is 198 Å². The molecule has 1 aliphatic heterocycles. The van der Waals surface area contributed by atoms with Gasteiger partial charge in [-0.2, -0.15) is 4.31 Å². The minimum absolute atomic E-state index is 0.271. The highest BCUT2D eigenvalue weighted by Crippen LogP contribution is 2.58. The second kappa shape index (κ2) is 7.24. The van der Waals surface area contributed by atoms with Crippen LogP contribution in [0.3, 0.4) is 0 Å². The number of phosphoric acid groups is 2. The van der Waals surface area contributed by atoms with Gasteiger partial charge < -0.3 is 24.5 Å². The van der Waals surface area contributed by atoms with Crippen molar-refractivity contribution >= 4 is 27.2 Å². The number of hydrogen-bond donors (Lipinski definition) is 5. The molecule has 148 valence electrons. The molecule has 0 amide bonds. The summed E-state index contributed by atoms with van der Waals surface area (Å²) in [6.07, 6.45) is -5.35. The van der Waals surface area contributed by atoms with E-state index in [-0.39, 0.29) is 4.57 Å². The molecule has 1 aliphatic rings. The summed E-state index contributed by atoms with van der Waals surface area (Å²) in [5.74, 6) is -3.15. The fraction of sp³-hybridized carbons (Fsp3) is 0.556. The standard InChI is InChI=1S/C9H12ClFN2O11P2/c10-4-2-13(8(16)12-6(4)15)7-5(14)1-9(11,23-7)3-22-26(20,21)24-25(17,18)19/h2,5,7,14H,1,3H2,(H,20,21)(H,12,15,16)(H2,17,18,19)/t5-,7-,9+/m1/s1/i7D. The van der Waals surface area contributed by atoms with Crippen LogP contribution in [0.25, 0.3) is 0 Å². The van der Waals surface area contributed by atoms with Gasteiger partial charge in [-0.05, 0) is 0 Å². The second-order valence-electron chi connectivity index (χ2n) is 4.96. The molecule has 4 atom stereocenters. The van der Waals surface area contributed by atoms with Crippen molar-refractivity contribution in [2.75, 3.05) is 6.61 Å². The summed E-state index contributed by atoms with van der Waals surface area (Å²) in [6, 6.07) is 0. The largest absolute Gasteiger partial charge is 0.481 e. The number of rotatable bonds is 6. The van der Waals surface area contributed by atoms with Gasteiger partial charge in [-0.15, -0.1) is 0 Å². The summed E-state index contributed by atoms with van der Waals surface area (Å²) in [6.45, 7) is -1.51. The summed E-state index contributed by atoms with van der Waals surface area (Å²) in [4.78, 5) is 50.8. The van der Waals surface area contributed by atoms with E-state index < -0.39 is 63.1 Å². The van der Waals surface area contributed by atoms with Crippen LogP contribution in [0.4, 0.5) is 4.39 Å². The lowest BCUT2D eigenvalue weighted by atomic mass is 10.2. The van der Waals surface area contributed by atoms with E-state index in [2.05, 4.69) is 13.6 Å². The summed E-state index contributed by atoms with van der Waals surface area (Å²) < 4.78 is 57.0. The predicted molar refractivity (Wildman–Crippen MR) is 79.8 cm³/mol. The number of hydrogen-bond acceptors (Lipinski definition) is 8. The quantitative estimate of drug-likeness (QED) is 0.352. The Morgan fingerprint density at radius 3 is 2.69 bits per heavy atom. The predicted octanol–water partition coefficient (Wildman–Crippen LogP) is -0.638. The molecule has 0 radical (unpaired) electrons. The zero-order chi connectivity index (χ0) is 20.8. The molecule has 2 rings (SSSR count). The molecule has 0 bridgehead atoms. The maximum atomic E-state index is 14.7. The molecule has 5 N–H and O–H groups in total. The highest BCUT2D eigenvalue weighted by molar-refractivity contribution is 7.60. The van der Waals surface area contributed by atoms with Gasteiger partial charge in [-0.25, -0.2) is 18.3 Å². The molecule has 1 fully saturated rings. The number of phosphoric ester groups is 1. The van der Waals surface area contributed by atoms with Crippen molar-refractivity contribution in [2.24, 2.45) is 0 Å². The van der Waals surface area contributed by atoms with E-state index in [4.69, 9.17) is 27.7 Å². The van der Waals surface area contributed by atoms with Crippen molar-refractivity contribution in [1.82, 2.24) is 9.55 Å². The van der Waals surface area contributed by atoms with Gasteiger partial charge in [0.2, 0.25) is 5.85 Å². The second-order valence-corrected chi connectivity index (χ2v) is 8.20. The molecule has 0 aromatic carbocycles. The van der Waals surface area contributed by atoms with E-state index in [1.807, 2.05) is 0 Å². The number of aromatic amines is 1. The Kier molecular flexibility index (Phi) is 5.53. The van der Waals surface area contributed by atoms with Gasteiger partial charge in [-0.3, -0.25) is 18.9 Å². The fourth-order valence-electron chi connectivity index (χ4n) is 1.92. The summed E-state index contributed by atoms with van der Waals surface area (Å²) in [7, 11) is -10.9. The monoisotopic (exact) mass is 441 g/mol. The molecule has 26 heavy (non-hydrogen) atoms. The van der Waals surface area contributed by atoms with E-state index in [0.717, 1.165) is 0 Å². The molecular formula is C9H12ClFN2O11P2. The zero-order valence-electron chi connectivity index (χ0n) is 13.3. The lowest BCUT2D eigenvalue weighted by Crippen LogP contribution is -2.36. The third kappa shape index (κ3) is 5.30. The molecule has 0 spiro atoms. The van der Waals surface area contributed by atoms with Crippen LogP contribution in [-0.4, -0.2) is 47.9 Å². The minimum Gasteiger partial charge on any atom is -0.388 e. The molecule has 13 nitrogen and oxygen atoms in total. The molecular weight excluding hydrogens is 429 g/mol. The van der Waals surface area contributed by atoms with E-state index in [9.17, 15) is 28.2 Å². The first-order chi connectivity index (χ1) is 12.1. The Balaban J connectivity index is 2.25. The lowest BCUT2D eigenvalue weighted by molar-refractivity contribution is -0.178. The zero-order valence-corrected chi connectivity index (χ0v) is 14.9. The van der Waals surface area contributed by atoms with Gasteiger partial charge in [0.15, 0.2) is 6.20 Å². The number of aliphatic hydroxyl groups is 1. The minimum atomic E-state index is -5.45. The maximum absolute atomic E-state index is 14.7. The highest BCUT2D eigenvalue weighted by Gasteiger charge is 2.50. The normalized spacial score (nSPS) is 32.2. The average Bonchev–Trinajstić information content (AvgIpc) is 2.70. The van der Waals surface area contributed by atoms with Crippen molar-refractivity contribution in [3.05, 3.63) is 32.1 Å². The average molecular weight is 442 g/mol. The summed E-state index contributed by atoms with van der Waals surface area (Å²) in [5, 5.41) is 9.36. The number of H-pyrrole nitrogens is 1. The number of aromatic nitrogens is 2. The Morgan fingerprint density at radius 1 is 1.50 bits per heavy atom. The molecule has 1 saturated heterocycles. The number of halogens is 2. The van der Waals surface area contributed by atoms with E-state index >= 15 is 0 Å². The first-order valence-corrected chi connectivity index (χ1v) is 9.81. The van der Waals surface area contributed by atoms with Crippen LogP contribution in [0, 0.1) is 0 Å². The van der Waals surface area contributed by atoms with Crippen molar-refractivity contribution in [3.8, 4) is 0 Å². The third-order valence-corrected chi connectivity index (χ3v) is 5.26. The Labute approximate surface area is 149 Å². The lowest BCUT2D eigenvalue weighted by Gasteiger charge is -2.22. The molecule has 0 saturated carbocycles. The number of ether oxygens (including phenoxy) is 1. The van der Waals surface area contributed by atoms with E-state index in [0.29, 0.717) is 6.20 Å². The van der Waals surface area contributed by atoms with Crippen LogP contribution >= 0.6 is 27.2 Å². The van der Waals surface area contributed by atoms with Crippen molar-refractivity contribution < 1.29 is 48.2 Å². The van der Waals surface area contributed by atoms with Gasteiger partial charge >= 0.3 is 21.3 Å². The van der Waals surface area contributed by atoms with Gasteiger partial charge in [-0.1, -0.05) is 11.6 Å². The van der Waals surface area contributed by atoms with Gasteiger partial charge in [0.25, 0.3) is 5.56 Å².